The summed E-state index contributed by atoms with van der Waals surface area (Å²) in [6.07, 6.45) is 4.25. The van der Waals surface area contributed by atoms with Gasteiger partial charge in [-0.1, -0.05) is 6.92 Å². The molecule has 114 valence electrons. The molecule has 2 fully saturated rings. The minimum atomic E-state index is -0.794. The zero-order chi connectivity index (χ0) is 14.5. The summed E-state index contributed by atoms with van der Waals surface area (Å²) in [6.45, 7) is 3.54. The summed E-state index contributed by atoms with van der Waals surface area (Å²) in [5, 5.41) is 11.8. The Balaban J connectivity index is 1.65. The predicted octanol–water partition coefficient (Wildman–Crippen LogP) is 0.609. The molecule has 1 saturated heterocycles. The van der Waals surface area contributed by atoms with Gasteiger partial charge in [0.05, 0.1) is 19.1 Å². The largest absolute Gasteiger partial charge is 0.480 e. The van der Waals surface area contributed by atoms with Crippen LogP contribution in [0.2, 0.25) is 0 Å². The lowest BCUT2D eigenvalue weighted by molar-refractivity contribution is -0.140. The van der Waals surface area contributed by atoms with Gasteiger partial charge in [-0.2, -0.15) is 0 Å². The molecule has 2 N–H and O–H groups in total. The van der Waals surface area contributed by atoms with Gasteiger partial charge in [-0.05, 0) is 32.2 Å². The Morgan fingerprint density at radius 1 is 1.40 bits per heavy atom. The molecule has 1 saturated carbocycles. The molecule has 1 amide bonds. The number of carbonyl (C=O) groups is 2. The van der Waals surface area contributed by atoms with Crippen molar-refractivity contribution in [2.75, 3.05) is 19.7 Å². The van der Waals surface area contributed by atoms with Gasteiger partial charge in [0, 0.05) is 18.7 Å². The van der Waals surface area contributed by atoms with Gasteiger partial charge in [0.1, 0.15) is 0 Å². The second kappa shape index (κ2) is 7.04. The zero-order valence-electron chi connectivity index (χ0n) is 12.0. The van der Waals surface area contributed by atoms with Crippen LogP contribution in [0, 0.1) is 0 Å². The molecule has 20 heavy (non-hydrogen) atoms. The molecule has 1 atom stereocenters. The summed E-state index contributed by atoms with van der Waals surface area (Å²) in [6, 6.07) is 0.473. The Labute approximate surface area is 119 Å². The Hall–Kier alpha value is -1.14. The van der Waals surface area contributed by atoms with Crippen molar-refractivity contribution in [3.63, 3.8) is 0 Å². The van der Waals surface area contributed by atoms with E-state index < -0.39 is 5.97 Å². The standard InChI is InChI=1S/C14H24N2O4/c1-2-16(9-14(18)19)11-6-10(7-11)15-13(17)8-12-4-3-5-20-12/h10-12H,2-9H2,1H3,(H,15,17)(H,18,19). The number of carbonyl (C=O) groups excluding carboxylic acids is 1. The van der Waals surface area contributed by atoms with Crippen LogP contribution in [0.25, 0.3) is 0 Å². The van der Waals surface area contributed by atoms with E-state index in [0.29, 0.717) is 6.42 Å². The van der Waals surface area contributed by atoms with Crippen LogP contribution in [-0.4, -0.2) is 59.8 Å². The second-order valence-electron chi connectivity index (χ2n) is 5.69. The van der Waals surface area contributed by atoms with Crippen molar-refractivity contribution >= 4 is 11.9 Å². The monoisotopic (exact) mass is 284 g/mol. The fourth-order valence-corrected chi connectivity index (χ4v) is 2.98. The number of rotatable bonds is 7. The SMILES string of the molecule is CCN(CC(=O)O)C1CC(NC(=O)CC2CCCO2)C1. The van der Waals surface area contributed by atoms with Gasteiger partial charge in [0.25, 0.3) is 0 Å². The molecule has 1 unspecified atom stereocenters. The van der Waals surface area contributed by atoms with Crippen LogP contribution >= 0.6 is 0 Å². The molecule has 2 aliphatic rings. The first-order valence-corrected chi connectivity index (χ1v) is 7.45. The highest BCUT2D eigenvalue weighted by Crippen LogP contribution is 2.26. The molecule has 0 bridgehead atoms. The first kappa shape index (κ1) is 15.3. The molecule has 1 aliphatic heterocycles. The Kier molecular flexibility index (Phi) is 5.37. The summed E-state index contributed by atoms with van der Waals surface area (Å²) in [7, 11) is 0. The fraction of sp³-hybridized carbons (Fsp3) is 0.857. The van der Waals surface area contributed by atoms with Crippen molar-refractivity contribution in [1.82, 2.24) is 10.2 Å². The van der Waals surface area contributed by atoms with Crippen molar-refractivity contribution in [2.24, 2.45) is 0 Å². The third kappa shape index (κ3) is 4.18. The molecule has 0 spiro atoms. The number of nitrogens with zero attached hydrogens (tertiary/aromatic N) is 1. The van der Waals surface area contributed by atoms with Crippen molar-refractivity contribution in [3.05, 3.63) is 0 Å². The van der Waals surface area contributed by atoms with Gasteiger partial charge in [0.15, 0.2) is 0 Å². The summed E-state index contributed by atoms with van der Waals surface area (Å²) < 4.78 is 5.44. The average molecular weight is 284 g/mol. The number of ether oxygens (including phenoxy) is 1. The van der Waals surface area contributed by atoms with Crippen LogP contribution in [0.5, 0.6) is 0 Å². The third-order valence-corrected chi connectivity index (χ3v) is 4.18. The van der Waals surface area contributed by atoms with Crippen LogP contribution in [0.4, 0.5) is 0 Å². The maximum Gasteiger partial charge on any atom is 0.317 e. The number of likely N-dealkylation sites (N-methyl/N-ethyl adjacent to an activating group) is 1. The molecule has 6 heteroatoms. The van der Waals surface area contributed by atoms with E-state index in [9.17, 15) is 9.59 Å². The van der Waals surface area contributed by atoms with Gasteiger partial charge >= 0.3 is 5.97 Å². The molecule has 0 aromatic carbocycles. The Bertz CT molecular complexity index is 349. The van der Waals surface area contributed by atoms with Crippen LogP contribution in [0.15, 0.2) is 0 Å². The lowest BCUT2D eigenvalue weighted by Gasteiger charge is -2.42. The lowest BCUT2D eigenvalue weighted by atomic mass is 9.85. The van der Waals surface area contributed by atoms with Gasteiger partial charge < -0.3 is 15.2 Å². The summed E-state index contributed by atoms with van der Waals surface area (Å²) >= 11 is 0. The lowest BCUT2D eigenvalue weighted by Crippen LogP contribution is -2.55. The maximum atomic E-state index is 11.8. The maximum absolute atomic E-state index is 11.8. The molecule has 0 radical (unpaired) electrons. The van der Waals surface area contributed by atoms with Gasteiger partial charge in [-0.3, -0.25) is 14.5 Å². The third-order valence-electron chi connectivity index (χ3n) is 4.18. The predicted molar refractivity (Wildman–Crippen MR) is 73.4 cm³/mol. The number of carboxylic acid groups (broad SMARTS) is 1. The van der Waals surface area contributed by atoms with Crippen molar-refractivity contribution in [1.29, 1.82) is 0 Å². The number of carboxylic acids is 1. The molecule has 6 nitrogen and oxygen atoms in total. The van der Waals surface area contributed by atoms with E-state index in [1.807, 2.05) is 11.8 Å². The molecular formula is C14H24N2O4. The van der Waals surface area contributed by atoms with E-state index in [2.05, 4.69) is 5.32 Å². The minimum absolute atomic E-state index is 0.0571. The number of nitrogens with one attached hydrogen (secondary N) is 1. The first-order chi connectivity index (χ1) is 9.58. The molecule has 1 aliphatic carbocycles. The Morgan fingerprint density at radius 2 is 2.15 bits per heavy atom. The molecule has 0 aromatic heterocycles. The highest BCUT2D eigenvalue weighted by Gasteiger charge is 2.35. The summed E-state index contributed by atoms with van der Waals surface area (Å²) in [4.78, 5) is 24.5. The van der Waals surface area contributed by atoms with Gasteiger partial charge in [-0.25, -0.2) is 0 Å². The van der Waals surface area contributed by atoms with E-state index in [-0.39, 0.29) is 30.6 Å². The minimum Gasteiger partial charge on any atom is -0.480 e. The van der Waals surface area contributed by atoms with Crippen molar-refractivity contribution < 1.29 is 19.4 Å². The van der Waals surface area contributed by atoms with Crippen molar-refractivity contribution in [3.8, 4) is 0 Å². The number of hydrogen-bond donors (Lipinski definition) is 2. The van der Waals surface area contributed by atoms with Crippen molar-refractivity contribution in [2.45, 2.75) is 57.2 Å². The van der Waals surface area contributed by atoms with Crippen LogP contribution in [-0.2, 0) is 14.3 Å². The number of hydrogen-bond acceptors (Lipinski definition) is 4. The average Bonchev–Trinajstić information content (AvgIpc) is 2.83. The Morgan fingerprint density at radius 3 is 2.70 bits per heavy atom. The molecule has 1 heterocycles. The highest BCUT2D eigenvalue weighted by molar-refractivity contribution is 5.77. The fourth-order valence-electron chi connectivity index (χ4n) is 2.98. The zero-order valence-corrected chi connectivity index (χ0v) is 12.0. The van der Waals surface area contributed by atoms with E-state index >= 15 is 0 Å². The van der Waals surface area contributed by atoms with E-state index in [1.165, 1.54) is 0 Å². The van der Waals surface area contributed by atoms with E-state index in [0.717, 1.165) is 38.8 Å². The summed E-state index contributed by atoms with van der Waals surface area (Å²) in [5.74, 6) is -0.737. The van der Waals surface area contributed by atoms with E-state index in [1.54, 1.807) is 0 Å². The highest BCUT2D eigenvalue weighted by atomic mass is 16.5. The molecule has 0 aromatic rings. The van der Waals surface area contributed by atoms with Gasteiger partial charge in [0.2, 0.25) is 5.91 Å². The molecule has 2 rings (SSSR count). The number of aliphatic carboxylic acids is 1. The van der Waals surface area contributed by atoms with E-state index in [4.69, 9.17) is 9.84 Å². The normalized spacial score (nSPS) is 29.2. The quantitative estimate of drug-likeness (QED) is 0.716. The van der Waals surface area contributed by atoms with Crippen LogP contribution in [0.3, 0.4) is 0 Å². The molecular weight excluding hydrogens is 260 g/mol. The first-order valence-electron chi connectivity index (χ1n) is 7.45. The second-order valence-corrected chi connectivity index (χ2v) is 5.69. The number of amides is 1. The van der Waals surface area contributed by atoms with Crippen LogP contribution < -0.4 is 5.32 Å². The topological polar surface area (TPSA) is 78.9 Å². The smallest absolute Gasteiger partial charge is 0.317 e. The van der Waals surface area contributed by atoms with Crippen LogP contribution in [0.1, 0.15) is 39.0 Å². The summed E-state index contributed by atoms with van der Waals surface area (Å²) in [5.41, 5.74) is 0. The van der Waals surface area contributed by atoms with Gasteiger partial charge in [-0.15, -0.1) is 0 Å².